The lowest BCUT2D eigenvalue weighted by molar-refractivity contribution is 0.0606. The fourth-order valence-electron chi connectivity index (χ4n) is 3.02. The lowest BCUT2D eigenvalue weighted by atomic mass is 10.1. The van der Waals surface area contributed by atoms with Crippen molar-refractivity contribution in [2.45, 2.75) is 58.6 Å². The van der Waals surface area contributed by atoms with Crippen molar-refractivity contribution < 1.29 is 11.3 Å². The number of hydrogen-bond acceptors (Lipinski definition) is 4. The first-order valence-corrected chi connectivity index (χ1v) is 9.54. The maximum atomic E-state index is 9.62. The molecule has 140 valence electrons. The lowest BCUT2D eigenvalue weighted by Gasteiger charge is -2.29. The third-order valence-corrected chi connectivity index (χ3v) is 4.22. The van der Waals surface area contributed by atoms with Crippen molar-refractivity contribution in [1.82, 2.24) is 4.90 Å². The van der Waals surface area contributed by atoms with Crippen LogP contribution in [-0.4, -0.2) is 49.0 Å². The van der Waals surface area contributed by atoms with E-state index in [1.165, 1.54) is 11.1 Å². The summed E-state index contributed by atoms with van der Waals surface area (Å²) >= 11 is 0. The summed E-state index contributed by atoms with van der Waals surface area (Å²) < 4.78 is 5.72. The van der Waals surface area contributed by atoms with E-state index >= 15 is 0 Å². The van der Waals surface area contributed by atoms with Gasteiger partial charge < -0.3 is 20.5 Å². The van der Waals surface area contributed by atoms with Gasteiger partial charge in [-0.25, -0.2) is 0 Å². The zero-order valence-corrected chi connectivity index (χ0v) is 15.5. The highest BCUT2D eigenvalue weighted by Crippen LogP contribution is 2.10. The predicted molar refractivity (Wildman–Crippen MR) is 103 cm³/mol. The van der Waals surface area contributed by atoms with Crippen LogP contribution in [0, 0.1) is 0 Å². The molecule has 0 bridgehead atoms. The number of hydrogen-bond donors (Lipinski definition) is 2. The van der Waals surface area contributed by atoms with Crippen molar-refractivity contribution in [3.63, 3.8) is 0 Å². The minimum atomic E-state index is -0.126. The average molecular weight is 339 g/mol. The molecular weight excluding hydrogens is 300 g/mol. The number of aliphatic hydroxyl groups is 1. The second kappa shape index (κ2) is 13.4. The summed E-state index contributed by atoms with van der Waals surface area (Å²) in [6.45, 7) is 9.22. The van der Waals surface area contributed by atoms with Crippen LogP contribution in [-0.2, 0) is 17.7 Å². The van der Waals surface area contributed by atoms with E-state index in [1.807, 2.05) is 13.8 Å². The molecule has 1 fully saturated rings. The topological polar surface area (TPSA) is 58.7 Å². The van der Waals surface area contributed by atoms with Crippen LogP contribution in [0.15, 0.2) is 24.3 Å². The molecule has 1 unspecified atom stereocenters. The second-order valence-electron chi connectivity index (χ2n) is 6.19. The number of β-amino-alcohol motifs (C(OH)–C–C–N with tert-alkyl or cyclic N) is 1. The quantitative estimate of drug-likeness (QED) is 0.679. The van der Waals surface area contributed by atoms with Gasteiger partial charge in [0.1, 0.15) is 0 Å². The number of benzene rings is 1. The first-order chi connectivity index (χ1) is 11.8. The summed E-state index contributed by atoms with van der Waals surface area (Å²) in [6, 6.07) is 8.48. The Morgan fingerprint density at radius 3 is 2.75 bits per heavy atom. The minimum absolute atomic E-state index is 0. The van der Waals surface area contributed by atoms with E-state index < -0.39 is 0 Å². The Morgan fingerprint density at radius 1 is 1.25 bits per heavy atom. The van der Waals surface area contributed by atoms with Crippen LogP contribution in [0.5, 0.6) is 0 Å². The summed E-state index contributed by atoms with van der Waals surface area (Å²) in [4.78, 5) is 2.34. The number of ether oxygens (including phenoxy) is 1. The largest absolute Gasteiger partial charge is 0.392 e. The van der Waals surface area contributed by atoms with E-state index in [4.69, 9.17) is 10.5 Å². The van der Waals surface area contributed by atoms with Crippen LogP contribution in [0.1, 0.15) is 52.1 Å². The van der Waals surface area contributed by atoms with Crippen molar-refractivity contribution >= 4 is 0 Å². The highest BCUT2D eigenvalue weighted by Gasteiger charge is 2.16. The molecule has 3 N–H and O–H groups in total. The Balaban J connectivity index is 0.00000185. The van der Waals surface area contributed by atoms with Crippen LogP contribution in [0.3, 0.4) is 0 Å². The monoisotopic (exact) mass is 338 g/mol. The molecule has 0 radical (unpaired) electrons. The standard InChI is InChI=1S/C18H30N2O2.C2H6.H2/c19-14-17-6-1-5-16(13-17)7-3-11-22-12-4-10-20-9-2-8-18(21)15-20;1-2;/h1,5-6,13,18,21H,2-4,7-12,14-15,19H2;1-2H3;1H. The molecule has 1 aromatic rings. The van der Waals surface area contributed by atoms with Crippen molar-refractivity contribution in [3.8, 4) is 0 Å². The number of aliphatic hydroxyl groups excluding tert-OH is 1. The Morgan fingerprint density at radius 2 is 2.00 bits per heavy atom. The Hall–Kier alpha value is -0.940. The zero-order valence-electron chi connectivity index (χ0n) is 15.5. The lowest BCUT2D eigenvalue weighted by Crippen LogP contribution is -2.38. The molecule has 2 rings (SSSR count). The van der Waals surface area contributed by atoms with Crippen LogP contribution >= 0.6 is 0 Å². The molecule has 0 spiro atoms. The van der Waals surface area contributed by atoms with Crippen LogP contribution < -0.4 is 5.73 Å². The van der Waals surface area contributed by atoms with E-state index in [-0.39, 0.29) is 7.53 Å². The molecular formula is C20H38N2O2. The average Bonchev–Trinajstić information content (AvgIpc) is 2.63. The van der Waals surface area contributed by atoms with E-state index in [9.17, 15) is 5.11 Å². The molecule has 1 aromatic carbocycles. The highest BCUT2D eigenvalue weighted by atomic mass is 16.5. The SMILES string of the molecule is CC.NCc1cccc(CCCOCCCN2CCCC(O)C2)c1.[HH]. The number of aryl methyl sites for hydroxylation is 1. The third-order valence-electron chi connectivity index (χ3n) is 4.22. The molecule has 4 heteroatoms. The normalized spacial score (nSPS) is 18.1. The first-order valence-electron chi connectivity index (χ1n) is 9.54. The maximum Gasteiger partial charge on any atom is 0.0667 e. The third kappa shape index (κ3) is 8.78. The van der Waals surface area contributed by atoms with Gasteiger partial charge in [0.05, 0.1) is 6.10 Å². The molecule has 0 saturated carbocycles. The minimum Gasteiger partial charge on any atom is -0.392 e. The summed E-state index contributed by atoms with van der Waals surface area (Å²) in [5.41, 5.74) is 8.19. The van der Waals surface area contributed by atoms with Gasteiger partial charge in [0, 0.05) is 34.3 Å². The maximum absolute atomic E-state index is 9.62. The molecule has 1 heterocycles. The summed E-state index contributed by atoms with van der Waals surface area (Å²) in [5.74, 6) is 0. The highest BCUT2D eigenvalue weighted by molar-refractivity contribution is 5.23. The van der Waals surface area contributed by atoms with Gasteiger partial charge in [0.2, 0.25) is 0 Å². The first kappa shape index (κ1) is 21.1. The predicted octanol–water partition coefficient (Wildman–Crippen LogP) is 3.21. The number of nitrogens with two attached hydrogens (primary N) is 1. The van der Waals surface area contributed by atoms with Crippen molar-refractivity contribution in [2.24, 2.45) is 5.73 Å². The van der Waals surface area contributed by atoms with Crippen LogP contribution in [0.25, 0.3) is 0 Å². The van der Waals surface area contributed by atoms with E-state index in [0.717, 1.165) is 65.0 Å². The van der Waals surface area contributed by atoms with Gasteiger partial charge >= 0.3 is 0 Å². The Bertz CT molecular complexity index is 432. The van der Waals surface area contributed by atoms with Crippen molar-refractivity contribution in [3.05, 3.63) is 35.4 Å². The number of likely N-dealkylation sites (tertiary alicyclic amines) is 1. The smallest absolute Gasteiger partial charge is 0.0667 e. The molecule has 0 aliphatic carbocycles. The molecule has 1 aliphatic rings. The molecule has 24 heavy (non-hydrogen) atoms. The van der Waals surface area contributed by atoms with Crippen molar-refractivity contribution in [1.29, 1.82) is 0 Å². The van der Waals surface area contributed by atoms with Gasteiger partial charge in [-0.1, -0.05) is 38.1 Å². The molecule has 1 aliphatic heterocycles. The molecule has 0 aromatic heterocycles. The van der Waals surface area contributed by atoms with E-state index in [0.29, 0.717) is 6.54 Å². The number of nitrogens with zero attached hydrogens (tertiary/aromatic N) is 1. The Kier molecular flexibility index (Phi) is 11.7. The summed E-state index contributed by atoms with van der Waals surface area (Å²) in [7, 11) is 0. The fraction of sp³-hybridized carbons (Fsp3) is 0.700. The van der Waals surface area contributed by atoms with Gasteiger partial charge in [-0.2, -0.15) is 0 Å². The zero-order chi connectivity index (χ0) is 17.6. The molecule has 4 nitrogen and oxygen atoms in total. The molecule has 1 saturated heterocycles. The van der Waals surface area contributed by atoms with E-state index in [2.05, 4.69) is 29.2 Å². The van der Waals surface area contributed by atoms with Gasteiger partial charge in [-0.3, -0.25) is 0 Å². The molecule has 0 amide bonds. The van der Waals surface area contributed by atoms with Crippen LogP contribution in [0.4, 0.5) is 0 Å². The molecule has 1 atom stereocenters. The number of rotatable bonds is 9. The van der Waals surface area contributed by atoms with Gasteiger partial charge in [-0.05, 0) is 49.8 Å². The second-order valence-corrected chi connectivity index (χ2v) is 6.19. The fourth-order valence-corrected chi connectivity index (χ4v) is 3.02. The van der Waals surface area contributed by atoms with E-state index in [1.54, 1.807) is 0 Å². The van der Waals surface area contributed by atoms with Gasteiger partial charge in [0.15, 0.2) is 0 Å². The van der Waals surface area contributed by atoms with Gasteiger partial charge in [-0.15, -0.1) is 0 Å². The van der Waals surface area contributed by atoms with Gasteiger partial charge in [0.25, 0.3) is 0 Å². The number of piperidine rings is 1. The summed E-state index contributed by atoms with van der Waals surface area (Å²) in [6.07, 6.45) is 5.10. The van der Waals surface area contributed by atoms with Crippen molar-refractivity contribution in [2.75, 3.05) is 32.8 Å². The Labute approximate surface area is 149 Å². The summed E-state index contributed by atoms with van der Waals surface area (Å²) in [5, 5.41) is 9.62. The van der Waals surface area contributed by atoms with Crippen LogP contribution in [0.2, 0.25) is 0 Å².